The van der Waals surface area contributed by atoms with E-state index in [-0.39, 0.29) is 11.9 Å². The molecule has 1 aromatic rings. The van der Waals surface area contributed by atoms with E-state index in [1.165, 1.54) is 0 Å². The Morgan fingerprint density at radius 2 is 2.21 bits per heavy atom. The highest BCUT2D eigenvalue weighted by Crippen LogP contribution is 2.33. The van der Waals surface area contributed by atoms with E-state index in [0.29, 0.717) is 5.69 Å². The number of carbonyl (C=O) groups is 1. The molecule has 2 N–H and O–H groups in total. The summed E-state index contributed by atoms with van der Waals surface area (Å²) in [5.74, 6) is 0.881. The fraction of sp³-hybridized carbons (Fsp3) is 0.500. The van der Waals surface area contributed by atoms with Gasteiger partial charge in [0, 0.05) is 26.7 Å². The smallest absolute Gasteiger partial charge is 0.244 e. The Hall–Kier alpha value is -1.91. The van der Waals surface area contributed by atoms with Crippen molar-refractivity contribution in [3.63, 3.8) is 0 Å². The lowest BCUT2D eigenvalue weighted by Gasteiger charge is -2.29. The Kier molecular flexibility index (Phi) is 3.83. The lowest BCUT2D eigenvalue weighted by molar-refractivity contribution is -0.129. The van der Waals surface area contributed by atoms with Crippen LogP contribution in [0.1, 0.15) is 12.8 Å². The molecule has 0 radical (unpaired) electrons. The molecule has 1 aliphatic rings. The van der Waals surface area contributed by atoms with Gasteiger partial charge in [-0.15, -0.1) is 0 Å². The van der Waals surface area contributed by atoms with Gasteiger partial charge < -0.3 is 20.3 Å². The normalized spacial score (nSPS) is 18.5. The van der Waals surface area contributed by atoms with Crippen molar-refractivity contribution in [2.24, 2.45) is 0 Å². The van der Waals surface area contributed by atoms with Crippen LogP contribution < -0.4 is 15.4 Å². The van der Waals surface area contributed by atoms with Crippen molar-refractivity contribution >= 4 is 17.3 Å². The molecule has 0 aliphatic carbocycles. The Balaban J connectivity index is 2.32. The van der Waals surface area contributed by atoms with Crippen molar-refractivity contribution in [1.29, 1.82) is 0 Å². The summed E-state index contributed by atoms with van der Waals surface area (Å²) >= 11 is 0. The summed E-state index contributed by atoms with van der Waals surface area (Å²) in [6, 6.07) is 5.43. The van der Waals surface area contributed by atoms with Crippen LogP contribution in [0.3, 0.4) is 0 Å². The van der Waals surface area contributed by atoms with E-state index in [0.717, 1.165) is 30.8 Å². The molecule has 19 heavy (non-hydrogen) atoms. The standard InChI is InChI=1S/C14H21N3O2/c1-16(2)14(18)12-5-4-8-17(12)13-9-10(19-3)6-7-11(13)15/h6-7,9,12H,4-5,8,15H2,1-3H3. The highest BCUT2D eigenvalue weighted by atomic mass is 16.5. The predicted molar refractivity (Wildman–Crippen MR) is 76.5 cm³/mol. The maximum atomic E-state index is 12.2. The fourth-order valence-electron chi connectivity index (χ4n) is 2.51. The summed E-state index contributed by atoms with van der Waals surface area (Å²) in [7, 11) is 5.20. The lowest BCUT2D eigenvalue weighted by atomic mass is 10.1. The van der Waals surface area contributed by atoms with E-state index >= 15 is 0 Å². The van der Waals surface area contributed by atoms with Gasteiger partial charge in [-0.2, -0.15) is 0 Å². The Morgan fingerprint density at radius 3 is 2.84 bits per heavy atom. The van der Waals surface area contributed by atoms with Crippen LogP contribution in [-0.2, 0) is 4.79 Å². The van der Waals surface area contributed by atoms with Gasteiger partial charge in [-0.05, 0) is 25.0 Å². The molecule has 1 heterocycles. The van der Waals surface area contributed by atoms with Crippen LogP contribution in [0.5, 0.6) is 5.75 Å². The van der Waals surface area contributed by atoms with Crippen LogP contribution in [0.2, 0.25) is 0 Å². The number of nitrogens with zero attached hydrogens (tertiary/aromatic N) is 2. The van der Waals surface area contributed by atoms with Crippen LogP contribution >= 0.6 is 0 Å². The molecule has 1 fully saturated rings. The Morgan fingerprint density at radius 1 is 1.47 bits per heavy atom. The van der Waals surface area contributed by atoms with Gasteiger partial charge in [-0.25, -0.2) is 0 Å². The molecule has 1 atom stereocenters. The largest absolute Gasteiger partial charge is 0.497 e. The molecule has 1 aliphatic heterocycles. The summed E-state index contributed by atoms with van der Waals surface area (Å²) < 4.78 is 5.24. The second-order valence-corrected chi connectivity index (χ2v) is 5.01. The summed E-state index contributed by atoms with van der Waals surface area (Å²) in [6.45, 7) is 0.849. The first-order chi connectivity index (χ1) is 9.04. The number of rotatable bonds is 3. The van der Waals surface area contributed by atoms with Crippen molar-refractivity contribution in [2.75, 3.05) is 38.4 Å². The van der Waals surface area contributed by atoms with Gasteiger partial charge in [-0.1, -0.05) is 0 Å². The minimum absolute atomic E-state index is 0.121. The van der Waals surface area contributed by atoms with Gasteiger partial charge in [-0.3, -0.25) is 4.79 Å². The highest BCUT2D eigenvalue weighted by molar-refractivity contribution is 5.87. The molecule has 1 unspecified atom stereocenters. The zero-order valence-electron chi connectivity index (χ0n) is 11.7. The molecule has 0 bridgehead atoms. The van der Waals surface area contributed by atoms with Gasteiger partial charge in [0.1, 0.15) is 11.8 Å². The number of carbonyl (C=O) groups excluding carboxylic acids is 1. The van der Waals surface area contributed by atoms with Crippen molar-refractivity contribution in [3.8, 4) is 5.75 Å². The first-order valence-corrected chi connectivity index (χ1v) is 6.46. The number of hydrogen-bond donors (Lipinski definition) is 1. The number of ether oxygens (including phenoxy) is 1. The molecule has 0 spiro atoms. The third-order valence-electron chi connectivity index (χ3n) is 3.53. The number of amides is 1. The molecule has 104 valence electrons. The van der Waals surface area contributed by atoms with Gasteiger partial charge in [0.05, 0.1) is 18.5 Å². The number of benzene rings is 1. The first kappa shape index (κ1) is 13.5. The van der Waals surface area contributed by atoms with Crippen LogP contribution in [-0.4, -0.2) is 44.6 Å². The summed E-state index contributed by atoms with van der Waals surface area (Å²) in [6.07, 6.45) is 1.87. The van der Waals surface area contributed by atoms with Gasteiger partial charge in [0.2, 0.25) is 5.91 Å². The molecule has 0 saturated carbocycles. The second-order valence-electron chi connectivity index (χ2n) is 5.01. The van der Waals surface area contributed by atoms with Crippen LogP contribution in [0, 0.1) is 0 Å². The average molecular weight is 263 g/mol. The summed E-state index contributed by atoms with van der Waals surface area (Å²) in [5.41, 5.74) is 7.61. The minimum Gasteiger partial charge on any atom is -0.497 e. The number of methoxy groups -OCH3 is 1. The zero-order valence-corrected chi connectivity index (χ0v) is 11.7. The van der Waals surface area contributed by atoms with Gasteiger partial charge in [0.25, 0.3) is 0 Å². The van der Waals surface area contributed by atoms with Crippen molar-refractivity contribution < 1.29 is 9.53 Å². The molecular formula is C14H21N3O2. The van der Waals surface area contributed by atoms with Crippen molar-refractivity contribution in [2.45, 2.75) is 18.9 Å². The lowest BCUT2D eigenvalue weighted by Crippen LogP contribution is -2.43. The van der Waals surface area contributed by atoms with E-state index < -0.39 is 0 Å². The van der Waals surface area contributed by atoms with E-state index in [1.54, 1.807) is 26.1 Å². The SMILES string of the molecule is COc1ccc(N)c(N2CCCC2C(=O)N(C)C)c1. The van der Waals surface area contributed by atoms with E-state index in [9.17, 15) is 4.79 Å². The van der Waals surface area contributed by atoms with Crippen LogP contribution in [0.4, 0.5) is 11.4 Å². The number of likely N-dealkylation sites (N-methyl/N-ethyl adjacent to an activating group) is 1. The Labute approximate surface area is 113 Å². The first-order valence-electron chi connectivity index (χ1n) is 6.46. The predicted octanol–water partition coefficient (Wildman–Crippen LogP) is 1.33. The van der Waals surface area contributed by atoms with Crippen LogP contribution in [0.15, 0.2) is 18.2 Å². The van der Waals surface area contributed by atoms with Crippen molar-refractivity contribution in [3.05, 3.63) is 18.2 Å². The molecule has 5 nitrogen and oxygen atoms in total. The molecule has 0 aromatic heterocycles. The van der Waals surface area contributed by atoms with Crippen molar-refractivity contribution in [1.82, 2.24) is 4.90 Å². The maximum Gasteiger partial charge on any atom is 0.244 e. The van der Waals surface area contributed by atoms with E-state index in [2.05, 4.69) is 4.90 Å². The molecule has 1 amide bonds. The zero-order chi connectivity index (χ0) is 14.0. The highest BCUT2D eigenvalue weighted by Gasteiger charge is 2.32. The topological polar surface area (TPSA) is 58.8 Å². The number of hydrogen-bond acceptors (Lipinski definition) is 4. The van der Waals surface area contributed by atoms with E-state index in [4.69, 9.17) is 10.5 Å². The second kappa shape index (κ2) is 5.38. The quantitative estimate of drug-likeness (QED) is 0.836. The Bertz CT molecular complexity index is 474. The fourth-order valence-corrected chi connectivity index (χ4v) is 2.51. The summed E-state index contributed by atoms with van der Waals surface area (Å²) in [4.78, 5) is 15.9. The average Bonchev–Trinajstić information content (AvgIpc) is 2.87. The van der Waals surface area contributed by atoms with Gasteiger partial charge >= 0.3 is 0 Å². The number of anilines is 2. The van der Waals surface area contributed by atoms with Gasteiger partial charge in [0.15, 0.2) is 0 Å². The number of nitrogens with two attached hydrogens (primary N) is 1. The monoisotopic (exact) mass is 263 g/mol. The molecule has 1 saturated heterocycles. The number of nitrogen functional groups attached to an aromatic ring is 1. The maximum absolute atomic E-state index is 12.2. The molecular weight excluding hydrogens is 242 g/mol. The molecule has 5 heteroatoms. The van der Waals surface area contributed by atoms with Crippen LogP contribution in [0.25, 0.3) is 0 Å². The van der Waals surface area contributed by atoms with E-state index in [1.807, 2.05) is 18.2 Å². The molecule has 1 aromatic carbocycles. The third-order valence-corrected chi connectivity index (χ3v) is 3.53. The molecule has 2 rings (SSSR count). The summed E-state index contributed by atoms with van der Waals surface area (Å²) in [5, 5.41) is 0. The minimum atomic E-state index is -0.121. The third kappa shape index (κ3) is 2.59.